The van der Waals surface area contributed by atoms with Gasteiger partial charge in [-0.2, -0.15) is 13.7 Å². The van der Waals surface area contributed by atoms with Crippen molar-refractivity contribution in [2.24, 2.45) is 0 Å². The molecule has 18 N–H and O–H groups in total. The van der Waals surface area contributed by atoms with Crippen LogP contribution in [0.15, 0.2) is 146 Å². The molecule has 3 aliphatic heterocycles. The monoisotopic (exact) mass is 774 g/mol. The van der Waals surface area contributed by atoms with Crippen molar-refractivity contribution in [2.45, 2.75) is 25.8 Å². The summed E-state index contributed by atoms with van der Waals surface area (Å²) in [5, 5.41) is 20.2. The molecule has 0 saturated heterocycles. The molecule has 4 aromatic carbocycles. The lowest BCUT2D eigenvalue weighted by atomic mass is 10.1. The molecule has 0 atom stereocenters. The summed E-state index contributed by atoms with van der Waals surface area (Å²) in [6.07, 6.45) is 12.0. The van der Waals surface area contributed by atoms with Gasteiger partial charge in [-0.3, -0.25) is 0 Å². The van der Waals surface area contributed by atoms with E-state index in [0.717, 1.165) is 34.1 Å². The van der Waals surface area contributed by atoms with E-state index in [1.165, 1.54) is 16.7 Å². The third kappa shape index (κ3) is 7.85. The van der Waals surface area contributed by atoms with Gasteiger partial charge in [0.25, 0.3) is 0 Å². The first kappa shape index (κ1) is 36.9. The third-order valence-corrected chi connectivity index (χ3v) is 10.0. The number of fused-ring (bicyclic) bond motifs is 3. The number of benzene rings is 4. The Morgan fingerprint density at radius 2 is 0.621 bits per heavy atom. The number of hydrogen-bond acceptors (Lipinski definition) is 12. The summed E-state index contributed by atoms with van der Waals surface area (Å²) in [6, 6.07) is 35.7. The van der Waals surface area contributed by atoms with Crippen molar-refractivity contribution in [1.82, 2.24) is 0 Å². The number of nitrogen functional groups attached to an aromatic ring is 6. The minimum Gasteiger partial charge on any atom is -0.397 e. The maximum absolute atomic E-state index is 5.86. The maximum Gasteiger partial charge on any atom is 0.311 e. The van der Waals surface area contributed by atoms with E-state index in [1.807, 2.05) is 115 Å². The lowest BCUT2D eigenvalue weighted by Crippen LogP contribution is -2.45. The molecule has 6 heterocycles. The quantitative estimate of drug-likeness (QED) is 0.0798. The van der Waals surface area contributed by atoms with Gasteiger partial charge in [-0.1, -0.05) is 36.4 Å². The molecule has 3 aromatic heterocycles. The molecule has 0 radical (unpaired) electrons. The van der Waals surface area contributed by atoms with Gasteiger partial charge in [0, 0.05) is 36.4 Å². The minimum absolute atomic E-state index is 0.00704. The van der Waals surface area contributed by atoms with E-state index in [2.05, 4.69) is 84.4 Å². The summed E-state index contributed by atoms with van der Waals surface area (Å²) in [7, 11) is 0. The Morgan fingerprint density at radius 1 is 0.345 bits per heavy atom. The number of nitrogens with one attached hydrogen (secondary N) is 6. The first-order valence-electron chi connectivity index (χ1n) is 18.7. The Morgan fingerprint density at radius 3 is 0.966 bits per heavy atom. The molecule has 15 heteroatoms. The van der Waals surface area contributed by atoms with Crippen molar-refractivity contribution < 1.29 is 13.7 Å². The van der Waals surface area contributed by atoms with Crippen LogP contribution in [0.2, 0.25) is 0 Å². The zero-order valence-electron chi connectivity index (χ0n) is 31.9. The average Bonchev–Trinajstić information content (AvgIpc) is 3.97. The highest BCUT2D eigenvalue weighted by Crippen LogP contribution is 2.38. The number of hydrogen-bond donors (Lipinski definition) is 12. The van der Waals surface area contributed by atoms with E-state index in [0.29, 0.717) is 34.1 Å². The SMILES string of the molecule is Cc1cc[n+](C2Nc3cc(N)c(N)cc3N2)cc1.Nc1cc2c(cc1N)NC([n+]1ccc(-c3ccccc3)cc1)N2.Nc1cc2c(cc1N)NC([n+]1ccccc1)N2. The molecule has 0 spiro atoms. The van der Waals surface area contributed by atoms with E-state index in [4.69, 9.17) is 34.4 Å². The van der Waals surface area contributed by atoms with Crippen LogP contribution in [0.25, 0.3) is 11.1 Å². The van der Waals surface area contributed by atoms with Gasteiger partial charge in [-0.25, -0.2) is 0 Å². The first-order valence-corrected chi connectivity index (χ1v) is 18.7. The number of pyridine rings is 3. The highest BCUT2D eigenvalue weighted by molar-refractivity contribution is 5.85. The fraction of sp³-hybridized carbons (Fsp3) is 0.0930. The van der Waals surface area contributed by atoms with Crippen LogP contribution in [0.3, 0.4) is 0 Å². The van der Waals surface area contributed by atoms with Crippen LogP contribution < -0.4 is 80.0 Å². The fourth-order valence-corrected chi connectivity index (χ4v) is 6.76. The zero-order chi connectivity index (χ0) is 40.3. The minimum atomic E-state index is -0.0592. The Kier molecular flexibility index (Phi) is 9.91. The topological polar surface area (TPSA) is 240 Å². The Balaban J connectivity index is 0.000000123. The number of nitrogens with two attached hydrogens (primary N) is 6. The van der Waals surface area contributed by atoms with E-state index in [-0.39, 0.29) is 18.9 Å². The van der Waals surface area contributed by atoms with Crippen LogP contribution >= 0.6 is 0 Å². The van der Waals surface area contributed by atoms with Gasteiger partial charge in [0.2, 0.25) is 0 Å². The molecule has 292 valence electrons. The fourth-order valence-electron chi connectivity index (χ4n) is 6.76. The molecule has 0 bridgehead atoms. The van der Waals surface area contributed by atoms with Gasteiger partial charge < -0.3 is 66.3 Å². The number of rotatable bonds is 4. The molecule has 7 aromatic rings. The molecule has 3 aliphatic rings. The number of aromatic nitrogens is 3. The average molecular weight is 775 g/mol. The predicted octanol–water partition coefficient (Wildman–Crippen LogP) is 5.37. The summed E-state index contributed by atoms with van der Waals surface area (Å²) < 4.78 is 6.16. The van der Waals surface area contributed by atoms with Gasteiger partial charge in [0.1, 0.15) is 0 Å². The van der Waals surface area contributed by atoms with E-state index >= 15 is 0 Å². The van der Waals surface area contributed by atoms with Crippen LogP contribution in [0.1, 0.15) is 24.4 Å². The van der Waals surface area contributed by atoms with Crippen molar-refractivity contribution in [3.05, 3.63) is 152 Å². The van der Waals surface area contributed by atoms with E-state index < -0.39 is 0 Å². The molecule has 10 rings (SSSR count). The number of nitrogens with zero attached hydrogens (tertiary/aromatic N) is 3. The molecular formula is C43H48N15+3. The second-order valence-electron chi connectivity index (χ2n) is 14.2. The van der Waals surface area contributed by atoms with E-state index in [1.54, 1.807) is 0 Å². The lowest BCUT2D eigenvalue weighted by molar-refractivity contribution is -0.710. The van der Waals surface area contributed by atoms with Crippen LogP contribution in [0.5, 0.6) is 0 Å². The van der Waals surface area contributed by atoms with Gasteiger partial charge in [-0.05, 0) is 60.0 Å². The lowest BCUT2D eigenvalue weighted by Gasteiger charge is -2.07. The van der Waals surface area contributed by atoms with Gasteiger partial charge >= 0.3 is 18.9 Å². The van der Waals surface area contributed by atoms with Gasteiger partial charge in [-0.15, -0.1) is 0 Å². The highest BCUT2D eigenvalue weighted by Gasteiger charge is 2.29. The molecule has 0 amide bonds. The van der Waals surface area contributed by atoms with Crippen LogP contribution in [0.4, 0.5) is 68.2 Å². The Hall–Kier alpha value is -8.07. The summed E-state index contributed by atoms with van der Waals surface area (Å²) >= 11 is 0. The Labute approximate surface area is 336 Å². The smallest absolute Gasteiger partial charge is 0.311 e. The number of anilines is 12. The summed E-state index contributed by atoms with van der Waals surface area (Å²) in [4.78, 5) is 0. The molecule has 0 fully saturated rings. The van der Waals surface area contributed by atoms with Crippen molar-refractivity contribution in [2.75, 3.05) is 66.3 Å². The largest absolute Gasteiger partial charge is 0.397 e. The highest BCUT2D eigenvalue weighted by atomic mass is 15.4. The predicted molar refractivity (Wildman–Crippen MR) is 235 cm³/mol. The third-order valence-electron chi connectivity index (χ3n) is 10.0. The molecular weight excluding hydrogens is 727 g/mol. The summed E-state index contributed by atoms with van der Waals surface area (Å²) in [5.41, 5.74) is 47.8. The van der Waals surface area contributed by atoms with Crippen molar-refractivity contribution >= 4 is 68.2 Å². The van der Waals surface area contributed by atoms with Crippen molar-refractivity contribution in [1.29, 1.82) is 0 Å². The molecule has 15 nitrogen and oxygen atoms in total. The second kappa shape index (κ2) is 15.6. The van der Waals surface area contributed by atoms with Gasteiger partial charge in [0.15, 0.2) is 37.2 Å². The molecule has 0 unspecified atom stereocenters. The summed E-state index contributed by atoms with van der Waals surface area (Å²) in [6.45, 7) is 2.07. The zero-order valence-corrected chi connectivity index (χ0v) is 31.9. The Bertz CT molecular complexity index is 2460. The van der Waals surface area contributed by atoms with Crippen molar-refractivity contribution in [3.63, 3.8) is 0 Å². The molecule has 0 aliphatic carbocycles. The van der Waals surface area contributed by atoms with Crippen LogP contribution in [-0.4, -0.2) is 0 Å². The first-order chi connectivity index (χ1) is 28.1. The summed E-state index contributed by atoms with van der Waals surface area (Å²) in [5.74, 6) is 0. The second-order valence-corrected chi connectivity index (χ2v) is 14.2. The van der Waals surface area contributed by atoms with Crippen LogP contribution in [-0.2, 0) is 0 Å². The van der Waals surface area contributed by atoms with Crippen molar-refractivity contribution in [3.8, 4) is 11.1 Å². The van der Waals surface area contributed by atoms with E-state index in [9.17, 15) is 0 Å². The number of aryl methyl sites for hydroxylation is 1. The van der Waals surface area contributed by atoms with Crippen LogP contribution in [0, 0.1) is 6.92 Å². The standard InChI is InChI=1S/C18H18N5.C13H16N5.C12H14N5/c19-14-10-16-17(11-15(14)20)22-18(21-16)23-8-6-13(7-9-23)12-4-2-1-3-5-12;1-8-2-4-18(5-3-8)13-16-11-6-9(14)10(15)7-12(11)17-13;13-8-6-10-11(7-9(8)14)16-12(15-10)17-4-2-1-3-5-17/h1-11,18,21-22H,19-20H2;2-7,13,16-17H,14-15H2,1H3;1-7,12,15-16H,13-14H2/q3*+1. The van der Waals surface area contributed by atoms with Gasteiger partial charge in [0.05, 0.1) is 68.2 Å². The normalized spacial score (nSPS) is 13.6. The molecule has 58 heavy (non-hydrogen) atoms. The molecule has 0 saturated carbocycles. The maximum atomic E-state index is 5.86.